The minimum absolute atomic E-state index is 0.0524. The van der Waals surface area contributed by atoms with Crippen molar-refractivity contribution in [2.45, 2.75) is 103 Å². The molecular formula is C31H46N2O5. The van der Waals surface area contributed by atoms with Crippen LogP contribution in [0.15, 0.2) is 30.3 Å². The van der Waals surface area contributed by atoms with Gasteiger partial charge in [0, 0.05) is 6.04 Å². The van der Waals surface area contributed by atoms with Gasteiger partial charge in [-0.05, 0) is 109 Å². The maximum Gasteiger partial charge on any atom is 0.326 e. The van der Waals surface area contributed by atoms with Crippen molar-refractivity contribution in [2.75, 3.05) is 13.2 Å². The second kappa shape index (κ2) is 12.2. The summed E-state index contributed by atoms with van der Waals surface area (Å²) >= 11 is 0. The maximum atomic E-state index is 14.1. The summed E-state index contributed by atoms with van der Waals surface area (Å²) in [6.07, 6.45) is 7.08. The van der Waals surface area contributed by atoms with Crippen molar-refractivity contribution in [2.24, 2.45) is 23.7 Å². The van der Waals surface area contributed by atoms with Gasteiger partial charge in [0.25, 0.3) is 0 Å². The lowest BCUT2D eigenvalue weighted by Gasteiger charge is -2.57. The molecule has 38 heavy (non-hydrogen) atoms. The van der Waals surface area contributed by atoms with Crippen LogP contribution in [0.3, 0.4) is 0 Å². The number of aryl methyl sites for hydroxylation is 1. The number of nitrogens with one attached hydrogen (secondary N) is 1. The van der Waals surface area contributed by atoms with Crippen LogP contribution in [0.5, 0.6) is 0 Å². The molecule has 1 aromatic rings. The van der Waals surface area contributed by atoms with E-state index in [0.29, 0.717) is 24.7 Å². The number of rotatable bonds is 11. The van der Waals surface area contributed by atoms with E-state index in [1.165, 1.54) is 6.42 Å². The first-order chi connectivity index (χ1) is 18.0. The number of carbonyl (C=O) groups is 3. The normalized spacial score (nSPS) is 27.4. The maximum absolute atomic E-state index is 14.1. The summed E-state index contributed by atoms with van der Waals surface area (Å²) < 4.78 is 11.0. The fraction of sp³-hybridized carbons (Fsp3) is 0.710. The number of ether oxygens (including phenoxy) is 2. The molecule has 0 saturated heterocycles. The third-order valence-corrected chi connectivity index (χ3v) is 8.50. The lowest BCUT2D eigenvalue weighted by molar-refractivity contribution is -0.165. The molecule has 210 valence electrons. The van der Waals surface area contributed by atoms with E-state index in [2.05, 4.69) is 5.32 Å². The second-order valence-electron chi connectivity index (χ2n) is 12.7. The Labute approximate surface area is 228 Å². The number of carbonyl (C=O) groups excluding carboxylic acids is 3. The molecule has 0 radical (unpaired) electrons. The first-order valence-corrected chi connectivity index (χ1v) is 14.5. The summed E-state index contributed by atoms with van der Waals surface area (Å²) in [6, 6.07) is 8.79. The highest BCUT2D eigenvalue weighted by Gasteiger charge is 2.52. The fourth-order valence-electron chi connectivity index (χ4n) is 7.34. The first-order valence-electron chi connectivity index (χ1n) is 14.5. The molecule has 7 heteroatoms. The van der Waals surface area contributed by atoms with Crippen LogP contribution in [0, 0.1) is 23.7 Å². The Kier molecular flexibility index (Phi) is 9.17. The molecule has 4 aliphatic carbocycles. The molecule has 1 N–H and O–H groups in total. The molecule has 4 aliphatic rings. The van der Waals surface area contributed by atoms with Gasteiger partial charge in [-0.1, -0.05) is 30.3 Å². The van der Waals surface area contributed by atoms with Crippen LogP contribution in [-0.4, -0.2) is 59.6 Å². The Morgan fingerprint density at radius 1 is 1.00 bits per heavy atom. The molecule has 4 fully saturated rings. The minimum atomic E-state index is -0.639. The van der Waals surface area contributed by atoms with Gasteiger partial charge in [0.15, 0.2) is 0 Å². The molecule has 0 spiro atoms. The number of hydrogen-bond donors (Lipinski definition) is 1. The van der Waals surface area contributed by atoms with Gasteiger partial charge < -0.3 is 14.4 Å². The third-order valence-electron chi connectivity index (χ3n) is 8.50. The molecule has 7 nitrogen and oxygen atoms in total. The lowest BCUT2D eigenvalue weighted by atomic mass is 9.54. The summed E-state index contributed by atoms with van der Waals surface area (Å²) in [5.41, 5.74) is 0.509. The van der Waals surface area contributed by atoms with Crippen molar-refractivity contribution in [1.29, 1.82) is 0 Å². The van der Waals surface area contributed by atoms with Crippen molar-refractivity contribution in [1.82, 2.24) is 10.2 Å². The predicted octanol–water partition coefficient (Wildman–Crippen LogP) is 4.52. The fourth-order valence-corrected chi connectivity index (χ4v) is 7.34. The van der Waals surface area contributed by atoms with Crippen molar-refractivity contribution in [3.05, 3.63) is 35.9 Å². The number of amides is 1. The molecule has 0 aliphatic heterocycles. The van der Waals surface area contributed by atoms with Gasteiger partial charge in [0.2, 0.25) is 5.91 Å². The SMILES string of the molecule is CCOC(=O)C(CCc1ccccc1)N[C@@H](C)C(=O)N(CC(=O)OC(C)(C)C)C1C2CC3CC(C2)CC1C3. The molecule has 5 rings (SSSR count). The molecular weight excluding hydrogens is 480 g/mol. The van der Waals surface area contributed by atoms with Gasteiger partial charge in [-0.15, -0.1) is 0 Å². The number of nitrogens with zero attached hydrogens (tertiary/aromatic N) is 1. The first kappa shape index (κ1) is 28.6. The minimum Gasteiger partial charge on any atom is -0.465 e. The van der Waals surface area contributed by atoms with Crippen molar-refractivity contribution >= 4 is 17.8 Å². The second-order valence-corrected chi connectivity index (χ2v) is 12.7. The predicted molar refractivity (Wildman–Crippen MR) is 146 cm³/mol. The number of esters is 2. The van der Waals surface area contributed by atoms with E-state index >= 15 is 0 Å². The number of hydrogen-bond acceptors (Lipinski definition) is 6. The quantitative estimate of drug-likeness (QED) is 0.427. The molecule has 1 amide bonds. The van der Waals surface area contributed by atoms with Crippen LogP contribution in [0.1, 0.15) is 78.7 Å². The average Bonchev–Trinajstić information content (AvgIpc) is 2.84. The summed E-state index contributed by atoms with van der Waals surface area (Å²) in [5, 5.41) is 3.28. The molecule has 4 bridgehead atoms. The largest absolute Gasteiger partial charge is 0.465 e. The van der Waals surface area contributed by atoms with Gasteiger partial charge in [-0.2, -0.15) is 0 Å². The van der Waals surface area contributed by atoms with E-state index < -0.39 is 17.7 Å². The van der Waals surface area contributed by atoms with Crippen LogP contribution in [0.25, 0.3) is 0 Å². The summed E-state index contributed by atoms with van der Waals surface area (Å²) in [4.78, 5) is 41.7. The molecule has 0 heterocycles. The van der Waals surface area contributed by atoms with Crippen LogP contribution in [0.4, 0.5) is 0 Å². The van der Waals surface area contributed by atoms with Crippen molar-refractivity contribution in [3.63, 3.8) is 0 Å². The van der Waals surface area contributed by atoms with E-state index in [-0.39, 0.29) is 37.0 Å². The van der Waals surface area contributed by atoms with Gasteiger partial charge in [-0.3, -0.25) is 19.7 Å². The Hall–Kier alpha value is -2.41. The topological polar surface area (TPSA) is 84.9 Å². The Balaban J connectivity index is 1.50. The van der Waals surface area contributed by atoms with Crippen molar-refractivity contribution in [3.8, 4) is 0 Å². The Morgan fingerprint density at radius 2 is 1.61 bits per heavy atom. The van der Waals surface area contributed by atoms with Gasteiger partial charge in [-0.25, -0.2) is 0 Å². The zero-order valence-corrected chi connectivity index (χ0v) is 23.8. The summed E-state index contributed by atoms with van der Waals surface area (Å²) in [7, 11) is 0. The van der Waals surface area contributed by atoms with Crippen LogP contribution in [-0.2, 0) is 30.3 Å². The van der Waals surface area contributed by atoms with E-state index in [1.807, 2.05) is 51.1 Å². The van der Waals surface area contributed by atoms with E-state index in [4.69, 9.17) is 9.47 Å². The lowest BCUT2D eigenvalue weighted by Crippen LogP contribution is -2.62. The molecule has 1 aromatic carbocycles. The van der Waals surface area contributed by atoms with E-state index in [9.17, 15) is 14.4 Å². The molecule has 0 aromatic heterocycles. The van der Waals surface area contributed by atoms with Gasteiger partial charge >= 0.3 is 11.9 Å². The van der Waals surface area contributed by atoms with Gasteiger partial charge in [0.05, 0.1) is 12.6 Å². The molecule has 2 atom stereocenters. The van der Waals surface area contributed by atoms with Crippen LogP contribution < -0.4 is 5.32 Å². The van der Waals surface area contributed by atoms with Crippen LogP contribution >= 0.6 is 0 Å². The highest BCUT2D eigenvalue weighted by Crippen LogP contribution is 2.55. The zero-order valence-electron chi connectivity index (χ0n) is 23.8. The standard InChI is InChI=1S/C31H46N2O5/c1-6-37-30(36)26(13-12-21-10-8-7-9-11-21)32-20(2)29(35)33(19-27(34)38-31(3,4)5)28-24-15-22-14-23(17-24)18-25(28)16-22/h7-11,20,22-26,28,32H,6,12-19H2,1-5H3/t20-,22?,23?,24?,25?,26?,28?/m0/s1. The smallest absolute Gasteiger partial charge is 0.326 e. The van der Waals surface area contributed by atoms with Gasteiger partial charge in [0.1, 0.15) is 18.2 Å². The average molecular weight is 527 g/mol. The summed E-state index contributed by atoms with van der Waals surface area (Å²) in [5.74, 6) is 1.52. The Bertz CT molecular complexity index is 944. The van der Waals surface area contributed by atoms with Crippen LogP contribution in [0.2, 0.25) is 0 Å². The number of benzene rings is 1. The zero-order chi connectivity index (χ0) is 27.4. The molecule has 4 saturated carbocycles. The van der Waals surface area contributed by atoms with E-state index in [1.54, 1.807) is 18.7 Å². The monoisotopic (exact) mass is 526 g/mol. The van der Waals surface area contributed by atoms with E-state index in [0.717, 1.165) is 43.1 Å². The van der Waals surface area contributed by atoms with Crippen molar-refractivity contribution < 1.29 is 23.9 Å². The molecule has 1 unspecified atom stereocenters. The Morgan fingerprint density at radius 3 is 2.16 bits per heavy atom. The highest BCUT2D eigenvalue weighted by atomic mass is 16.6. The summed E-state index contributed by atoms with van der Waals surface area (Å²) in [6.45, 7) is 9.36. The third kappa shape index (κ3) is 7.16. The highest BCUT2D eigenvalue weighted by molar-refractivity contribution is 5.87.